The van der Waals surface area contributed by atoms with Crippen molar-refractivity contribution in [1.29, 1.82) is 10.5 Å². The molecule has 2 atom stereocenters. The average molecular weight is 263 g/mol. The molecule has 0 saturated heterocycles. The summed E-state index contributed by atoms with van der Waals surface area (Å²) in [7, 11) is 1.85. The molecule has 98 valence electrons. The van der Waals surface area contributed by atoms with E-state index in [4.69, 9.17) is 5.26 Å². The van der Waals surface area contributed by atoms with Crippen molar-refractivity contribution in [3.8, 4) is 12.1 Å². The molecule has 4 heteroatoms. The van der Waals surface area contributed by atoms with Crippen LogP contribution in [0.15, 0.2) is 24.3 Å². The van der Waals surface area contributed by atoms with Crippen molar-refractivity contribution in [3.05, 3.63) is 35.5 Å². The molecular weight excluding hydrogens is 250 g/mol. The Labute approximate surface area is 116 Å². The number of aromatic nitrogens is 1. The standard InChI is InChI=1S/C16H13N3O/c1-19-13-5-3-2-4-12(13)15-11(9-18)6-10(8-17)7-14(20)16(15)19/h2-5,10-11H,6-7H2,1H3/t10-,11-/m1/s1. The van der Waals surface area contributed by atoms with Gasteiger partial charge in [0, 0.05) is 29.9 Å². The van der Waals surface area contributed by atoms with E-state index < -0.39 is 5.92 Å². The zero-order valence-corrected chi connectivity index (χ0v) is 11.1. The summed E-state index contributed by atoms with van der Waals surface area (Å²) in [6.45, 7) is 0. The molecule has 0 bridgehead atoms. The fourth-order valence-corrected chi connectivity index (χ4v) is 3.13. The second-order valence-corrected chi connectivity index (χ2v) is 5.21. The third kappa shape index (κ3) is 1.62. The van der Waals surface area contributed by atoms with E-state index in [0.717, 1.165) is 16.5 Å². The Hall–Kier alpha value is -2.59. The van der Waals surface area contributed by atoms with Gasteiger partial charge in [-0.05, 0) is 12.5 Å². The van der Waals surface area contributed by atoms with E-state index in [1.54, 1.807) is 0 Å². The van der Waals surface area contributed by atoms with Crippen molar-refractivity contribution >= 4 is 16.7 Å². The number of carbonyl (C=O) groups is 1. The highest BCUT2D eigenvalue weighted by Gasteiger charge is 2.33. The minimum atomic E-state index is -0.396. The van der Waals surface area contributed by atoms with E-state index in [2.05, 4.69) is 12.1 Å². The number of nitrogens with zero attached hydrogens (tertiary/aromatic N) is 3. The number of fused-ring (bicyclic) bond motifs is 3. The Morgan fingerprint density at radius 2 is 2.00 bits per heavy atom. The van der Waals surface area contributed by atoms with Crippen molar-refractivity contribution in [2.45, 2.75) is 18.8 Å². The first-order valence-electron chi connectivity index (χ1n) is 6.57. The Morgan fingerprint density at radius 3 is 2.70 bits per heavy atom. The number of nitriles is 2. The molecule has 0 N–H and O–H groups in total. The Kier molecular flexibility index (Phi) is 2.80. The molecule has 0 unspecified atom stereocenters. The van der Waals surface area contributed by atoms with Crippen LogP contribution in [0.5, 0.6) is 0 Å². The summed E-state index contributed by atoms with van der Waals surface area (Å²) in [5.74, 6) is -0.812. The fraction of sp³-hybridized carbons (Fsp3) is 0.312. The summed E-state index contributed by atoms with van der Waals surface area (Å²) in [6.07, 6.45) is 0.631. The van der Waals surface area contributed by atoms with Crippen LogP contribution >= 0.6 is 0 Å². The van der Waals surface area contributed by atoms with Crippen LogP contribution in [0.1, 0.15) is 34.8 Å². The number of hydrogen-bond acceptors (Lipinski definition) is 3. The lowest BCUT2D eigenvalue weighted by Crippen LogP contribution is -2.09. The quantitative estimate of drug-likeness (QED) is 0.686. The summed E-state index contributed by atoms with van der Waals surface area (Å²) in [6, 6.07) is 12.2. The number of ketones is 1. The van der Waals surface area contributed by atoms with Gasteiger partial charge in [0.25, 0.3) is 0 Å². The van der Waals surface area contributed by atoms with Crippen LogP contribution in [0, 0.1) is 28.6 Å². The molecule has 2 aromatic rings. The summed E-state index contributed by atoms with van der Waals surface area (Å²) in [5, 5.41) is 19.5. The number of hydrogen-bond donors (Lipinski definition) is 0. The summed E-state index contributed by atoms with van der Waals surface area (Å²) < 4.78 is 1.86. The van der Waals surface area contributed by atoms with Gasteiger partial charge >= 0.3 is 0 Å². The lowest BCUT2D eigenvalue weighted by molar-refractivity contribution is 0.0965. The molecule has 20 heavy (non-hydrogen) atoms. The van der Waals surface area contributed by atoms with Gasteiger partial charge in [0.05, 0.1) is 29.7 Å². The van der Waals surface area contributed by atoms with Crippen molar-refractivity contribution in [2.75, 3.05) is 0 Å². The SMILES string of the molecule is Cn1c2c(c3ccccc31)[C@@H](C#N)C[C@@H](C#N)CC2=O. The number of aryl methyl sites for hydroxylation is 1. The van der Waals surface area contributed by atoms with Crippen LogP contribution in [0.3, 0.4) is 0 Å². The molecule has 1 aliphatic rings. The fourth-order valence-electron chi connectivity index (χ4n) is 3.13. The molecule has 0 aliphatic heterocycles. The van der Waals surface area contributed by atoms with E-state index in [-0.39, 0.29) is 18.1 Å². The van der Waals surface area contributed by atoms with Crippen LogP contribution in [0.4, 0.5) is 0 Å². The van der Waals surface area contributed by atoms with Crippen LogP contribution in [-0.2, 0) is 7.05 Å². The maximum absolute atomic E-state index is 12.4. The number of Topliss-reactive ketones (excluding diaryl/α,β-unsaturated/α-hetero) is 1. The predicted octanol–water partition coefficient (Wildman–Crippen LogP) is 2.90. The lowest BCUT2D eigenvalue weighted by Gasteiger charge is -2.08. The Balaban J connectivity index is 2.34. The highest BCUT2D eigenvalue weighted by Crippen LogP contribution is 2.38. The molecule has 1 heterocycles. The van der Waals surface area contributed by atoms with Gasteiger partial charge in [0.2, 0.25) is 0 Å². The minimum Gasteiger partial charge on any atom is -0.341 e. The molecule has 1 aliphatic carbocycles. The number of para-hydroxylation sites is 1. The molecule has 0 amide bonds. The zero-order valence-electron chi connectivity index (χ0n) is 11.1. The maximum atomic E-state index is 12.4. The molecule has 1 aromatic carbocycles. The van der Waals surface area contributed by atoms with Crippen LogP contribution in [0.25, 0.3) is 10.9 Å². The molecule has 1 aromatic heterocycles. The largest absolute Gasteiger partial charge is 0.341 e. The monoisotopic (exact) mass is 263 g/mol. The van der Waals surface area contributed by atoms with Gasteiger partial charge < -0.3 is 4.57 Å². The number of carbonyl (C=O) groups excluding carboxylic acids is 1. The number of benzene rings is 1. The zero-order chi connectivity index (χ0) is 14.3. The predicted molar refractivity (Wildman–Crippen MR) is 73.9 cm³/mol. The summed E-state index contributed by atoms with van der Waals surface area (Å²) in [5.41, 5.74) is 2.35. The topological polar surface area (TPSA) is 69.6 Å². The minimum absolute atomic E-state index is 0.0389. The molecule has 0 radical (unpaired) electrons. The molecule has 4 nitrogen and oxygen atoms in total. The second-order valence-electron chi connectivity index (χ2n) is 5.21. The first-order chi connectivity index (χ1) is 9.67. The third-order valence-corrected chi connectivity index (χ3v) is 4.05. The molecule has 0 saturated carbocycles. The van der Waals surface area contributed by atoms with Gasteiger partial charge in [-0.2, -0.15) is 10.5 Å². The molecule has 3 rings (SSSR count). The van der Waals surface area contributed by atoms with Gasteiger partial charge in [-0.1, -0.05) is 18.2 Å². The van der Waals surface area contributed by atoms with Crippen LogP contribution in [0.2, 0.25) is 0 Å². The number of rotatable bonds is 0. The van der Waals surface area contributed by atoms with Gasteiger partial charge in [-0.3, -0.25) is 4.79 Å². The lowest BCUT2D eigenvalue weighted by atomic mass is 9.91. The van der Waals surface area contributed by atoms with Crippen molar-refractivity contribution in [2.24, 2.45) is 13.0 Å². The van der Waals surface area contributed by atoms with E-state index in [1.165, 1.54) is 0 Å². The van der Waals surface area contributed by atoms with Gasteiger partial charge in [-0.15, -0.1) is 0 Å². The first-order valence-corrected chi connectivity index (χ1v) is 6.57. The van der Waals surface area contributed by atoms with Crippen LogP contribution < -0.4 is 0 Å². The van der Waals surface area contributed by atoms with E-state index in [0.29, 0.717) is 12.1 Å². The normalized spacial score (nSPS) is 21.9. The van der Waals surface area contributed by atoms with Gasteiger partial charge in [-0.25, -0.2) is 0 Å². The molecule has 0 fully saturated rings. The Bertz CT molecular complexity index is 788. The maximum Gasteiger partial charge on any atom is 0.180 e. The molecular formula is C16H13N3O. The van der Waals surface area contributed by atoms with E-state index in [9.17, 15) is 10.1 Å². The highest BCUT2D eigenvalue weighted by atomic mass is 16.1. The smallest absolute Gasteiger partial charge is 0.180 e. The van der Waals surface area contributed by atoms with Crippen molar-refractivity contribution in [1.82, 2.24) is 4.57 Å². The van der Waals surface area contributed by atoms with E-state index in [1.807, 2.05) is 35.9 Å². The summed E-state index contributed by atoms with van der Waals surface area (Å²) in [4.78, 5) is 12.4. The molecule has 0 spiro atoms. The van der Waals surface area contributed by atoms with Gasteiger partial charge in [0.15, 0.2) is 5.78 Å². The Morgan fingerprint density at radius 1 is 1.25 bits per heavy atom. The van der Waals surface area contributed by atoms with Crippen molar-refractivity contribution in [3.63, 3.8) is 0 Å². The second kappa shape index (κ2) is 4.51. The highest BCUT2D eigenvalue weighted by molar-refractivity contribution is 6.04. The first kappa shape index (κ1) is 12.4. The average Bonchev–Trinajstić information content (AvgIpc) is 2.68. The third-order valence-electron chi connectivity index (χ3n) is 4.05. The van der Waals surface area contributed by atoms with Crippen LogP contribution in [-0.4, -0.2) is 10.4 Å². The summed E-state index contributed by atoms with van der Waals surface area (Å²) >= 11 is 0. The van der Waals surface area contributed by atoms with Crippen molar-refractivity contribution < 1.29 is 4.79 Å². The van der Waals surface area contributed by atoms with E-state index >= 15 is 0 Å². The van der Waals surface area contributed by atoms with Gasteiger partial charge in [0.1, 0.15) is 0 Å².